The Kier molecular flexibility index (Phi) is 4.98. The molecule has 0 aliphatic rings. The minimum Gasteiger partial charge on any atom is -0.380 e. The number of nitriles is 1. The first-order chi connectivity index (χ1) is 6.43. The van der Waals surface area contributed by atoms with Gasteiger partial charge in [-0.25, -0.2) is 4.98 Å². The van der Waals surface area contributed by atoms with Gasteiger partial charge in [-0.2, -0.15) is 10.4 Å². The van der Waals surface area contributed by atoms with Crippen molar-refractivity contribution >= 4 is 11.8 Å². The highest BCUT2D eigenvalue weighted by molar-refractivity contribution is 7.99. The number of thioether (sulfide) groups is 1. The largest absolute Gasteiger partial charge is 0.380 e. The molecular weight excluding hydrogens is 188 g/mol. The van der Waals surface area contributed by atoms with Crippen molar-refractivity contribution in [1.82, 2.24) is 15.2 Å². The second kappa shape index (κ2) is 6.46. The van der Waals surface area contributed by atoms with Gasteiger partial charge >= 0.3 is 0 Å². The Morgan fingerprint density at radius 2 is 2.54 bits per heavy atom. The molecule has 0 unspecified atom stereocenters. The molecule has 0 saturated carbocycles. The van der Waals surface area contributed by atoms with E-state index in [1.807, 2.05) is 6.07 Å². The minimum atomic E-state index is 0.451. The molecule has 1 aromatic rings. The van der Waals surface area contributed by atoms with E-state index in [-0.39, 0.29) is 0 Å². The number of H-pyrrole nitrogens is 1. The highest BCUT2D eigenvalue weighted by Crippen LogP contribution is 2.09. The van der Waals surface area contributed by atoms with Crippen LogP contribution in [-0.4, -0.2) is 34.1 Å². The molecule has 13 heavy (non-hydrogen) atoms. The van der Waals surface area contributed by atoms with Crippen LogP contribution in [0.25, 0.3) is 0 Å². The molecule has 0 aromatic carbocycles. The van der Waals surface area contributed by atoms with Gasteiger partial charge in [-0.05, 0) is 0 Å². The lowest BCUT2D eigenvalue weighted by Crippen LogP contribution is -1.98. The van der Waals surface area contributed by atoms with Gasteiger partial charge in [-0.1, -0.05) is 11.8 Å². The molecule has 0 radical (unpaired) electrons. The van der Waals surface area contributed by atoms with Crippen LogP contribution in [0, 0.1) is 11.3 Å². The number of nitrogens with zero attached hydrogens (tertiary/aromatic N) is 3. The van der Waals surface area contributed by atoms with E-state index in [9.17, 15) is 0 Å². The fourth-order valence-electron chi connectivity index (χ4n) is 0.681. The maximum absolute atomic E-state index is 8.21. The zero-order valence-corrected chi connectivity index (χ0v) is 7.88. The summed E-state index contributed by atoms with van der Waals surface area (Å²) in [7, 11) is 0. The van der Waals surface area contributed by atoms with Gasteiger partial charge < -0.3 is 4.74 Å². The first kappa shape index (κ1) is 10.0. The van der Waals surface area contributed by atoms with Crippen LogP contribution >= 0.6 is 11.8 Å². The van der Waals surface area contributed by atoms with E-state index in [0.29, 0.717) is 19.6 Å². The van der Waals surface area contributed by atoms with Crippen molar-refractivity contribution in [2.45, 2.75) is 11.6 Å². The molecule has 0 spiro atoms. The topological polar surface area (TPSA) is 74.6 Å². The molecule has 70 valence electrons. The van der Waals surface area contributed by atoms with Crippen molar-refractivity contribution < 1.29 is 4.74 Å². The van der Waals surface area contributed by atoms with E-state index in [0.717, 1.165) is 10.9 Å². The average Bonchev–Trinajstić information content (AvgIpc) is 2.63. The zero-order valence-electron chi connectivity index (χ0n) is 7.06. The predicted octanol–water partition coefficient (Wildman–Crippen LogP) is 0.827. The summed E-state index contributed by atoms with van der Waals surface area (Å²) < 4.78 is 5.17. The van der Waals surface area contributed by atoms with Gasteiger partial charge in [0.05, 0.1) is 25.7 Å². The number of aromatic amines is 1. The first-order valence-corrected chi connectivity index (χ1v) is 4.85. The van der Waals surface area contributed by atoms with Gasteiger partial charge in [0.1, 0.15) is 6.33 Å². The maximum atomic E-state index is 8.21. The molecule has 1 heterocycles. The standard InChI is InChI=1S/C7H10N4OS/c8-2-1-3-12-4-5-13-7-9-6-10-11-7/h6H,1,3-5H2,(H,9,10,11). The fourth-order valence-corrected chi connectivity index (χ4v) is 1.31. The van der Waals surface area contributed by atoms with Crippen LogP contribution in [0.1, 0.15) is 6.42 Å². The first-order valence-electron chi connectivity index (χ1n) is 3.86. The molecule has 0 amide bonds. The van der Waals surface area contributed by atoms with Gasteiger partial charge in [0.15, 0.2) is 5.16 Å². The van der Waals surface area contributed by atoms with E-state index in [2.05, 4.69) is 15.2 Å². The second-order valence-electron chi connectivity index (χ2n) is 2.16. The molecule has 5 nitrogen and oxygen atoms in total. The van der Waals surface area contributed by atoms with E-state index in [4.69, 9.17) is 10.00 Å². The molecule has 0 bridgehead atoms. The Morgan fingerprint density at radius 1 is 1.62 bits per heavy atom. The zero-order chi connectivity index (χ0) is 9.36. The molecule has 0 fully saturated rings. The van der Waals surface area contributed by atoms with Gasteiger partial charge in [-0.3, -0.25) is 5.10 Å². The number of hydrogen-bond acceptors (Lipinski definition) is 5. The molecule has 1 aromatic heterocycles. The summed E-state index contributed by atoms with van der Waals surface area (Å²) in [5, 5.41) is 15.5. The van der Waals surface area contributed by atoms with Crippen molar-refractivity contribution in [3.63, 3.8) is 0 Å². The molecule has 6 heteroatoms. The van der Waals surface area contributed by atoms with E-state index in [1.54, 1.807) is 11.8 Å². The third-order valence-corrected chi connectivity index (χ3v) is 2.06. The van der Waals surface area contributed by atoms with Crippen LogP contribution in [-0.2, 0) is 4.74 Å². The Morgan fingerprint density at radius 3 is 3.23 bits per heavy atom. The highest BCUT2D eigenvalue weighted by atomic mass is 32.2. The Bertz CT molecular complexity index is 256. The summed E-state index contributed by atoms with van der Waals surface area (Å²) in [6, 6.07) is 2.01. The number of rotatable bonds is 6. The summed E-state index contributed by atoms with van der Waals surface area (Å²) in [6.45, 7) is 1.14. The molecular formula is C7H10N4OS. The molecule has 0 atom stereocenters. The summed E-state index contributed by atoms with van der Waals surface area (Å²) in [5.41, 5.74) is 0. The van der Waals surface area contributed by atoms with Crippen molar-refractivity contribution in [2.75, 3.05) is 19.0 Å². The van der Waals surface area contributed by atoms with E-state index in [1.165, 1.54) is 6.33 Å². The van der Waals surface area contributed by atoms with Crippen molar-refractivity contribution in [2.24, 2.45) is 0 Å². The number of ether oxygens (including phenoxy) is 1. The number of aromatic nitrogens is 3. The van der Waals surface area contributed by atoms with Crippen LogP contribution in [0.15, 0.2) is 11.5 Å². The third kappa shape index (κ3) is 4.50. The van der Waals surface area contributed by atoms with Crippen molar-refractivity contribution in [3.8, 4) is 6.07 Å². The second-order valence-corrected chi connectivity index (χ2v) is 3.24. The summed E-state index contributed by atoms with van der Waals surface area (Å²) in [6.07, 6.45) is 1.92. The lowest BCUT2D eigenvalue weighted by molar-refractivity contribution is 0.156. The Labute approximate surface area is 80.5 Å². The minimum absolute atomic E-state index is 0.451. The Balaban J connectivity index is 1.94. The van der Waals surface area contributed by atoms with Gasteiger partial charge in [0, 0.05) is 5.75 Å². The molecule has 0 saturated heterocycles. The summed E-state index contributed by atoms with van der Waals surface area (Å²) in [4.78, 5) is 3.94. The van der Waals surface area contributed by atoms with Crippen molar-refractivity contribution in [3.05, 3.63) is 6.33 Å². The monoisotopic (exact) mass is 198 g/mol. The summed E-state index contributed by atoms with van der Waals surface area (Å²) in [5.74, 6) is 0.820. The predicted molar refractivity (Wildman–Crippen MR) is 48.2 cm³/mol. The number of hydrogen-bond donors (Lipinski definition) is 1. The quantitative estimate of drug-likeness (QED) is 0.541. The lowest BCUT2D eigenvalue weighted by atomic mass is 10.5. The normalized spacial score (nSPS) is 9.77. The van der Waals surface area contributed by atoms with E-state index >= 15 is 0 Å². The maximum Gasteiger partial charge on any atom is 0.183 e. The van der Waals surface area contributed by atoms with Crippen LogP contribution < -0.4 is 0 Å². The molecule has 0 aliphatic heterocycles. The molecule has 1 N–H and O–H groups in total. The smallest absolute Gasteiger partial charge is 0.183 e. The average molecular weight is 198 g/mol. The lowest BCUT2D eigenvalue weighted by Gasteiger charge is -1.98. The molecule has 1 rings (SSSR count). The van der Waals surface area contributed by atoms with Crippen LogP contribution in [0.5, 0.6) is 0 Å². The van der Waals surface area contributed by atoms with E-state index < -0.39 is 0 Å². The Hall–Kier alpha value is -1.06. The van der Waals surface area contributed by atoms with Gasteiger partial charge in [-0.15, -0.1) is 0 Å². The van der Waals surface area contributed by atoms with Gasteiger partial charge in [0.2, 0.25) is 0 Å². The van der Waals surface area contributed by atoms with Crippen LogP contribution in [0.2, 0.25) is 0 Å². The molecule has 0 aliphatic carbocycles. The van der Waals surface area contributed by atoms with Gasteiger partial charge in [0.25, 0.3) is 0 Å². The number of nitrogens with one attached hydrogen (secondary N) is 1. The van der Waals surface area contributed by atoms with Crippen LogP contribution in [0.4, 0.5) is 0 Å². The van der Waals surface area contributed by atoms with Crippen molar-refractivity contribution in [1.29, 1.82) is 5.26 Å². The summed E-state index contributed by atoms with van der Waals surface area (Å²) >= 11 is 1.55. The SMILES string of the molecule is N#CCCOCCSc1ncn[nH]1. The highest BCUT2D eigenvalue weighted by Gasteiger charge is 1.95. The third-order valence-electron chi connectivity index (χ3n) is 1.22. The van der Waals surface area contributed by atoms with Crippen LogP contribution in [0.3, 0.4) is 0 Å². The fraction of sp³-hybridized carbons (Fsp3) is 0.571.